The molecule has 4 rings (SSSR count). The SMILES string of the molecule is O=C(Cc1csc(-n2cccc2)n1)NC[C@H]1CCCN2CCCC[C@H]12. The van der Waals surface area contributed by atoms with E-state index in [0.29, 0.717) is 18.4 Å². The van der Waals surface area contributed by atoms with Crippen molar-refractivity contribution in [2.24, 2.45) is 5.92 Å². The molecule has 0 aromatic carbocycles. The molecule has 2 aromatic heterocycles. The zero-order valence-electron chi connectivity index (χ0n) is 14.6. The van der Waals surface area contributed by atoms with Crippen molar-refractivity contribution in [1.82, 2.24) is 19.8 Å². The summed E-state index contributed by atoms with van der Waals surface area (Å²) in [5.74, 6) is 0.709. The third-order valence-electron chi connectivity index (χ3n) is 5.50. The van der Waals surface area contributed by atoms with Gasteiger partial charge in [0.15, 0.2) is 5.13 Å². The summed E-state index contributed by atoms with van der Waals surface area (Å²) < 4.78 is 1.98. The number of piperidine rings is 2. The minimum atomic E-state index is 0.0947. The van der Waals surface area contributed by atoms with Crippen LogP contribution in [0, 0.1) is 5.92 Å². The Morgan fingerprint density at radius 3 is 2.92 bits per heavy atom. The van der Waals surface area contributed by atoms with Crippen LogP contribution in [0.25, 0.3) is 5.13 Å². The summed E-state index contributed by atoms with van der Waals surface area (Å²) in [5, 5.41) is 6.07. The van der Waals surface area contributed by atoms with Crippen molar-refractivity contribution in [3.8, 4) is 5.13 Å². The number of hydrogen-bond donors (Lipinski definition) is 1. The second kappa shape index (κ2) is 7.70. The number of amides is 1. The fourth-order valence-corrected chi connectivity index (χ4v) is 5.04. The maximum Gasteiger partial charge on any atom is 0.226 e. The zero-order valence-corrected chi connectivity index (χ0v) is 15.4. The number of thiazole rings is 1. The van der Waals surface area contributed by atoms with Gasteiger partial charge in [0.05, 0.1) is 12.1 Å². The predicted octanol–water partition coefficient (Wildman–Crippen LogP) is 2.86. The molecule has 2 aliphatic heterocycles. The Morgan fingerprint density at radius 2 is 2.04 bits per heavy atom. The summed E-state index contributed by atoms with van der Waals surface area (Å²) in [5.41, 5.74) is 0.856. The predicted molar refractivity (Wildman–Crippen MR) is 100 cm³/mol. The first-order valence-electron chi connectivity index (χ1n) is 9.38. The molecule has 2 atom stereocenters. The quantitative estimate of drug-likeness (QED) is 0.894. The highest BCUT2D eigenvalue weighted by molar-refractivity contribution is 7.12. The molecule has 0 bridgehead atoms. The minimum absolute atomic E-state index is 0.0947. The van der Waals surface area contributed by atoms with Crippen LogP contribution in [0.1, 0.15) is 37.8 Å². The molecule has 0 aliphatic carbocycles. The summed E-state index contributed by atoms with van der Waals surface area (Å²) in [6, 6.07) is 4.64. The normalized spacial score (nSPS) is 24.0. The number of carbonyl (C=O) groups excluding carboxylic acids is 1. The number of fused-ring (bicyclic) bond motifs is 1. The van der Waals surface area contributed by atoms with Gasteiger partial charge in [0, 0.05) is 30.4 Å². The molecule has 6 heteroatoms. The standard InChI is InChI=1S/C19H26N4OS/c24-18(12-16-14-25-19(21-16)23-9-3-4-10-23)20-13-15-6-5-11-22-8-2-1-7-17(15)22/h3-4,9-10,14-15,17H,1-2,5-8,11-13H2,(H,20,24)/t15-,17-/m1/s1. The largest absolute Gasteiger partial charge is 0.355 e. The van der Waals surface area contributed by atoms with E-state index in [-0.39, 0.29) is 5.91 Å². The van der Waals surface area contributed by atoms with Gasteiger partial charge in [-0.25, -0.2) is 4.98 Å². The molecule has 134 valence electrons. The Hall–Kier alpha value is -1.66. The van der Waals surface area contributed by atoms with E-state index < -0.39 is 0 Å². The summed E-state index contributed by atoms with van der Waals surface area (Å²) in [6.45, 7) is 3.31. The Kier molecular flexibility index (Phi) is 5.17. The first-order valence-corrected chi connectivity index (χ1v) is 10.3. The lowest BCUT2D eigenvalue weighted by Gasteiger charge is -2.44. The third-order valence-corrected chi connectivity index (χ3v) is 6.40. The van der Waals surface area contributed by atoms with E-state index >= 15 is 0 Å². The highest BCUT2D eigenvalue weighted by atomic mass is 32.1. The van der Waals surface area contributed by atoms with Crippen molar-refractivity contribution in [3.05, 3.63) is 35.6 Å². The van der Waals surface area contributed by atoms with Gasteiger partial charge in [-0.15, -0.1) is 11.3 Å². The van der Waals surface area contributed by atoms with Crippen LogP contribution >= 0.6 is 11.3 Å². The Labute approximate surface area is 153 Å². The summed E-state index contributed by atoms with van der Waals surface area (Å²) in [4.78, 5) is 19.6. The Bertz CT molecular complexity index is 694. The van der Waals surface area contributed by atoms with Crippen molar-refractivity contribution < 1.29 is 4.79 Å². The molecule has 1 N–H and O–H groups in total. The zero-order chi connectivity index (χ0) is 17.1. The molecule has 2 aromatic rings. The molecule has 4 heterocycles. The smallest absolute Gasteiger partial charge is 0.226 e. The van der Waals surface area contributed by atoms with Crippen LogP contribution in [-0.4, -0.2) is 46.0 Å². The van der Waals surface area contributed by atoms with Gasteiger partial charge in [0.1, 0.15) is 0 Å². The van der Waals surface area contributed by atoms with Gasteiger partial charge in [0.25, 0.3) is 0 Å². The second-order valence-corrected chi connectivity index (χ2v) is 8.03. The molecule has 2 fully saturated rings. The first kappa shape index (κ1) is 16.8. The van der Waals surface area contributed by atoms with Crippen LogP contribution in [0.15, 0.2) is 29.9 Å². The molecular formula is C19H26N4OS. The first-order chi connectivity index (χ1) is 12.3. The maximum absolute atomic E-state index is 12.3. The fraction of sp³-hybridized carbons (Fsp3) is 0.579. The highest BCUT2D eigenvalue weighted by Gasteiger charge is 2.32. The van der Waals surface area contributed by atoms with E-state index in [9.17, 15) is 4.79 Å². The average molecular weight is 359 g/mol. The monoisotopic (exact) mass is 358 g/mol. The van der Waals surface area contributed by atoms with Gasteiger partial charge in [-0.1, -0.05) is 6.42 Å². The molecule has 0 spiro atoms. The second-order valence-electron chi connectivity index (χ2n) is 7.19. The Morgan fingerprint density at radius 1 is 1.20 bits per heavy atom. The summed E-state index contributed by atoms with van der Waals surface area (Å²) >= 11 is 1.58. The van der Waals surface area contributed by atoms with Gasteiger partial charge in [-0.3, -0.25) is 4.79 Å². The van der Waals surface area contributed by atoms with Gasteiger partial charge >= 0.3 is 0 Å². The molecule has 25 heavy (non-hydrogen) atoms. The maximum atomic E-state index is 12.3. The van der Waals surface area contributed by atoms with Crippen molar-refractivity contribution in [2.75, 3.05) is 19.6 Å². The van der Waals surface area contributed by atoms with Crippen molar-refractivity contribution in [3.63, 3.8) is 0 Å². The van der Waals surface area contributed by atoms with E-state index in [1.807, 2.05) is 34.5 Å². The number of nitrogens with zero attached hydrogens (tertiary/aromatic N) is 3. The molecule has 2 aliphatic rings. The third kappa shape index (κ3) is 3.96. The molecule has 2 saturated heterocycles. The van der Waals surface area contributed by atoms with Gasteiger partial charge in [-0.05, 0) is 56.8 Å². The fourth-order valence-electron chi connectivity index (χ4n) is 4.25. The lowest BCUT2D eigenvalue weighted by atomic mass is 9.83. The number of aromatic nitrogens is 2. The van der Waals surface area contributed by atoms with Crippen LogP contribution in [-0.2, 0) is 11.2 Å². The summed E-state index contributed by atoms with van der Waals surface area (Å²) in [7, 11) is 0. The van der Waals surface area contributed by atoms with Gasteiger partial charge in [0.2, 0.25) is 5.91 Å². The van der Waals surface area contributed by atoms with E-state index in [0.717, 1.165) is 17.4 Å². The topological polar surface area (TPSA) is 50.2 Å². The van der Waals surface area contributed by atoms with Crippen LogP contribution in [0.4, 0.5) is 0 Å². The molecule has 5 nitrogen and oxygen atoms in total. The molecule has 0 radical (unpaired) electrons. The lowest BCUT2D eigenvalue weighted by molar-refractivity contribution is -0.120. The number of nitrogens with one attached hydrogen (secondary N) is 1. The number of hydrogen-bond acceptors (Lipinski definition) is 4. The summed E-state index contributed by atoms with van der Waals surface area (Å²) in [6.07, 6.45) is 10.8. The number of carbonyl (C=O) groups is 1. The van der Waals surface area contributed by atoms with Crippen LogP contribution < -0.4 is 5.32 Å². The van der Waals surface area contributed by atoms with E-state index in [1.54, 1.807) is 11.3 Å². The molecule has 0 saturated carbocycles. The van der Waals surface area contributed by atoms with Crippen LogP contribution in [0.2, 0.25) is 0 Å². The van der Waals surface area contributed by atoms with Crippen molar-refractivity contribution in [2.45, 2.75) is 44.6 Å². The Balaban J connectivity index is 1.29. The minimum Gasteiger partial charge on any atom is -0.355 e. The van der Waals surface area contributed by atoms with Crippen LogP contribution in [0.5, 0.6) is 0 Å². The number of rotatable bonds is 5. The van der Waals surface area contributed by atoms with Gasteiger partial charge < -0.3 is 14.8 Å². The van der Waals surface area contributed by atoms with Crippen molar-refractivity contribution in [1.29, 1.82) is 0 Å². The lowest BCUT2D eigenvalue weighted by Crippen LogP contribution is -2.51. The molecule has 0 unspecified atom stereocenters. The molecule has 1 amide bonds. The van der Waals surface area contributed by atoms with E-state index in [2.05, 4.69) is 15.2 Å². The van der Waals surface area contributed by atoms with E-state index in [4.69, 9.17) is 0 Å². The van der Waals surface area contributed by atoms with E-state index in [1.165, 1.54) is 45.2 Å². The van der Waals surface area contributed by atoms with Crippen molar-refractivity contribution >= 4 is 17.2 Å². The van der Waals surface area contributed by atoms with Crippen LogP contribution in [0.3, 0.4) is 0 Å². The molecular weight excluding hydrogens is 332 g/mol. The average Bonchev–Trinajstić information content (AvgIpc) is 3.31. The highest BCUT2D eigenvalue weighted by Crippen LogP contribution is 2.30. The van der Waals surface area contributed by atoms with Gasteiger partial charge in [-0.2, -0.15) is 0 Å².